The molecule has 0 radical (unpaired) electrons. The number of esters is 1. The summed E-state index contributed by atoms with van der Waals surface area (Å²) >= 11 is 0. The second kappa shape index (κ2) is 6.54. The van der Waals surface area contributed by atoms with Crippen LogP contribution in [0, 0.1) is 0 Å². The van der Waals surface area contributed by atoms with Gasteiger partial charge in [-0.2, -0.15) is 0 Å². The molecule has 0 unspecified atom stereocenters. The molecule has 0 aliphatic rings. The van der Waals surface area contributed by atoms with Crippen LogP contribution in [0.25, 0.3) is 6.08 Å². The second-order valence-electron chi connectivity index (χ2n) is 3.31. The van der Waals surface area contributed by atoms with Gasteiger partial charge in [-0.05, 0) is 12.1 Å². The molecule has 5 heteroatoms. The van der Waals surface area contributed by atoms with E-state index in [0.29, 0.717) is 22.8 Å². The standard InChI is InChI=1S/C13H16O5/c1-15-10-8-12(17-3)11(16-2)7-9(10)5-6-13(14)18-4/h5-8H,1-4H3/b6-5+. The van der Waals surface area contributed by atoms with Crippen molar-refractivity contribution >= 4 is 12.0 Å². The van der Waals surface area contributed by atoms with Crippen molar-refractivity contribution in [2.45, 2.75) is 0 Å². The third-order valence-corrected chi connectivity index (χ3v) is 2.34. The largest absolute Gasteiger partial charge is 0.496 e. The van der Waals surface area contributed by atoms with Crippen LogP contribution in [-0.2, 0) is 9.53 Å². The summed E-state index contributed by atoms with van der Waals surface area (Å²) in [5.41, 5.74) is 0.695. The number of ether oxygens (including phenoxy) is 4. The minimum Gasteiger partial charge on any atom is -0.496 e. The normalized spacial score (nSPS) is 10.2. The Balaban J connectivity index is 3.17. The lowest BCUT2D eigenvalue weighted by molar-refractivity contribution is -0.134. The number of hydrogen-bond acceptors (Lipinski definition) is 5. The van der Waals surface area contributed by atoms with Gasteiger partial charge in [-0.1, -0.05) is 0 Å². The number of benzene rings is 1. The lowest BCUT2D eigenvalue weighted by Crippen LogP contribution is -1.96. The third kappa shape index (κ3) is 3.16. The smallest absolute Gasteiger partial charge is 0.330 e. The van der Waals surface area contributed by atoms with Crippen LogP contribution in [0.1, 0.15) is 5.56 Å². The number of hydrogen-bond donors (Lipinski definition) is 0. The average Bonchev–Trinajstić information content (AvgIpc) is 2.43. The van der Waals surface area contributed by atoms with Crippen molar-refractivity contribution in [2.24, 2.45) is 0 Å². The first-order valence-electron chi connectivity index (χ1n) is 5.22. The zero-order chi connectivity index (χ0) is 13.5. The number of methoxy groups -OCH3 is 4. The summed E-state index contributed by atoms with van der Waals surface area (Å²) in [4.78, 5) is 11.1. The molecule has 0 atom stereocenters. The first kappa shape index (κ1) is 13.9. The van der Waals surface area contributed by atoms with Crippen LogP contribution >= 0.6 is 0 Å². The quantitative estimate of drug-likeness (QED) is 0.591. The maximum Gasteiger partial charge on any atom is 0.330 e. The summed E-state index contributed by atoms with van der Waals surface area (Å²) in [7, 11) is 5.94. The van der Waals surface area contributed by atoms with Gasteiger partial charge in [0.25, 0.3) is 0 Å². The molecule has 98 valence electrons. The van der Waals surface area contributed by atoms with E-state index < -0.39 is 5.97 Å². The number of rotatable bonds is 5. The molecule has 0 fully saturated rings. The molecule has 0 spiro atoms. The van der Waals surface area contributed by atoms with Crippen LogP contribution in [0.3, 0.4) is 0 Å². The van der Waals surface area contributed by atoms with E-state index in [4.69, 9.17) is 14.2 Å². The lowest BCUT2D eigenvalue weighted by atomic mass is 10.1. The van der Waals surface area contributed by atoms with Crippen LogP contribution in [0.15, 0.2) is 18.2 Å². The van der Waals surface area contributed by atoms with Gasteiger partial charge in [0.1, 0.15) is 5.75 Å². The van der Waals surface area contributed by atoms with Gasteiger partial charge in [-0.25, -0.2) is 4.79 Å². The van der Waals surface area contributed by atoms with Crippen molar-refractivity contribution < 1.29 is 23.7 Å². The fourth-order valence-electron chi connectivity index (χ4n) is 1.41. The summed E-state index contributed by atoms with van der Waals surface area (Å²) in [6.45, 7) is 0. The molecule has 0 saturated heterocycles. The summed E-state index contributed by atoms with van der Waals surface area (Å²) < 4.78 is 20.1. The van der Waals surface area contributed by atoms with Gasteiger partial charge in [0.2, 0.25) is 0 Å². The van der Waals surface area contributed by atoms with Crippen molar-refractivity contribution in [3.8, 4) is 17.2 Å². The van der Waals surface area contributed by atoms with Crippen LogP contribution in [0.4, 0.5) is 0 Å². The summed E-state index contributed by atoms with van der Waals surface area (Å²) in [6.07, 6.45) is 2.90. The molecule has 0 N–H and O–H groups in total. The molecule has 0 heterocycles. The topological polar surface area (TPSA) is 54.0 Å². The fraction of sp³-hybridized carbons (Fsp3) is 0.308. The molecule has 0 saturated carbocycles. The summed E-state index contributed by atoms with van der Waals surface area (Å²) in [5, 5.41) is 0. The van der Waals surface area contributed by atoms with Gasteiger partial charge in [-0.15, -0.1) is 0 Å². The molecular formula is C13H16O5. The Labute approximate surface area is 106 Å². The first-order chi connectivity index (χ1) is 8.65. The predicted molar refractivity (Wildman–Crippen MR) is 67.1 cm³/mol. The van der Waals surface area contributed by atoms with E-state index in [1.54, 1.807) is 25.3 Å². The van der Waals surface area contributed by atoms with E-state index in [-0.39, 0.29) is 0 Å². The van der Waals surface area contributed by atoms with Crippen LogP contribution in [0.2, 0.25) is 0 Å². The highest BCUT2D eigenvalue weighted by molar-refractivity contribution is 5.87. The van der Waals surface area contributed by atoms with Crippen molar-refractivity contribution in [2.75, 3.05) is 28.4 Å². The molecule has 5 nitrogen and oxygen atoms in total. The average molecular weight is 252 g/mol. The second-order valence-corrected chi connectivity index (χ2v) is 3.31. The molecule has 0 aliphatic carbocycles. The molecule has 0 bridgehead atoms. The molecular weight excluding hydrogens is 236 g/mol. The predicted octanol–water partition coefficient (Wildman–Crippen LogP) is 1.90. The molecule has 1 aromatic rings. The van der Waals surface area contributed by atoms with E-state index in [1.165, 1.54) is 27.4 Å². The highest BCUT2D eigenvalue weighted by Gasteiger charge is 2.10. The van der Waals surface area contributed by atoms with Gasteiger partial charge in [0.05, 0.1) is 28.4 Å². The van der Waals surface area contributed by atoms with E-state index >= 15 is 0 Å². The van der Waals surface area contributed by atoms with Crippen molar-refractivity contribution in [1.29, 1.82) is 0 Å². The zero-order valence-corrected chi connectivity index (χ0v) is 10.9. The Morgan fingerprint density at radius 2 is 1.50 bits per heavy atom. The monoisotopic (exact) mass is 252 g/mol. The number of carbonyl (C=O) groups is 1. The van der Waals surface area contributed by atoms with Gasteiger partial charge < -0.3 is 18.9 Å². The van der Waals surface area contributed by atoms with Gasteiger partial charge in [0, 0.05) is 17.7 Å². The minimum atomic E-state index is -0.438. The van der Waals surface area contributed by atoms with Crippen molar-refractivity contribution in [1.82, 2.24) is 0 Å². The van der Waals surface area contributed by atoms with Gasteiger partial charge in [0.15, 0.2) is 11.5 Å². The number of carbonyl (C=O) groups excluding carboxylic acids is 1. The highest BCUT2D eigenvalue weighted by atomic mass is 16.5. The van der Waals surface area contributed by atoms with Gasteiger partial charge >= 0.3 is 5.97 Å². The van der Waals surface area contributed by atoms with Crippen LogP contribution < -0.4 is 14.2 Å². The Morgan fingerprint density at radius 3 is 2.00 bits per heavy atom. The van der Waals surface area contributed by atoms with E-state index in [0.717, 1.165) is 0 Å². The SMILES string of the molecule is COC(=O)/C=C/c1cc(OC)c(OC)cc1OC. The maximum absolute atomic E-state index is 11.1. The van der Waals surface area contributed by atoms with E-state index in [2.05, 4.69) is 4.74 Å². The van der Waals surface area contributed by atoms with Crippen LogP contribution in [-0.4, -0.2) is 34.4 Å². The zero-order valence-electron chi connectivity index (χ0n) is 10.9. The Morgan fingerprint density at radius 1 is 0.944 bits per heavy atom. The lowest BCUT2D eigenvalue weighted by Gasteiger charge is -2.11. The van der Waals surface area contributed by atoms with E-state index in [1.807, 2.05) is 0 Å². The highest BCUT2D eigenvalue weighted by Crippen LogP contribution is 2.35. The Kier molecular flexibility index (Phi) is 5.05. The van der Waals surface area contributed by atoms with Crippen molar-refractivity contribution in [3.63, 3.8) is 0 Å². The first-order valence-corrected chi connectivity index (χ1v) is 5.22. The molecule has 1 rings (SSSR count). The summed E-state index contributed by atoms with van der Waals surface area (Å²) in [6, 6.07) is 3.41. The third-order valence-electron chi connectivity index (χ3n) is 2.34. The Bertz CT molecular complexity index is 451. The molecule has 0 aliphatic heterocycles. The van der Waals surface area contributed by atoms with Gasteiger partial charge in [-0.3, -0.25) is 0 Å². The molecule has 0 aromatic heterocycles. The van der Waals surface area contributed by atoms with Crippen LogP contribution in [0.5, 0.6) is 17.2 Å². The van der Waals surface area contributed by atoms with E-state index in [9.17, 15) is 4.79 Å². The molecule has 18 heavy (non-hydrogen) atoms. The van der Waals surface area contributed by atoms with Crippen molar-refractivity contribution in [3.05, 3.63) is 23.8 Å². The Hall–Kier alpha value is -2.17. The summed E-state index contributed by atoms with van der Waals surface area (Å²) in [5.74, 6) is 1.26. The molecule has 1 aromatic carbocycles. The molecule has 0 amide bonds. The fourth-order valence-corrected chi connectivity index (χ4v) is 1.41. The maximum atomic E-state index is 11.1. The minimum absolute atomic E-state index is 0.438.